The van der Waals surface area contributed by atoms with Crippen molar-refractivity contribution in [3.8, 4) is 0 Å². The van der Waals surface area contributed by atoms with E-state index >= 15 is 0 Å². The fourth-order valence-electron chi connectivity index (χ4n) is 0.698. The van der Waals surface area contributed by atoms with Crippen molar-refractivity contribution in [2.24, 2.45) is 10.8 Å². The van der Waals surface area contributed by atoms with Gasteiger partial charge in [0.05, 0.1) is 13.5 Å². The molecule has 0 fully saturated rings. The monoisotopic (exact) mass is 172 g/mol. The van der Waals surface area contributed by atoms with Crippen molar-refractivity contribution < 1.29 is 9.53 Å². The summed E-state index contributed by atoms with van der Waals surface area (Å²) in [5.41, 5.74) is 0.112. The minimum absolute atomic E-state index is 0.0138. The van der Waals surface area contributed by atoms with E-state index in [1.807, 2.05) is 0 Å². The molecule has 0 aliphatic rings. The molecule has 0 rings (SSSR count). The Kier molecular flexibility index (Phi) is 3.31. The summed E-state index contributed by atoms with van der Waals surface area (Å²) in [6.07, 6.45) is 0.479. The molecule has 2 heteroatoms. The van der Waals surface area contributed by atoms with Gasteiger partial charge in [0.1, 0.15) is 0 Å². The average molecular weight is 172 g/mol. The summed E-state index contributed by atoms with van der Waals surface area (Å²) in [6.45, 7) is 10.6. The summed E-state index contributed by atoms with van der Waals surface area (Å²) in [6, 6.07) is 0. The third kappa shape index (κ3) is 2.84. The molecule has 0 unspecified atom stereocenters. The van der Waals surface area contributed by atoms with E-state index in [1.54, 1.807) is 0 Å². The summed E-state index contributed by atoms with van der Waals surface area (Å²) >= 11 is 0. The quantitative estimate of drug-likeness (QED) is 0.598. The SMILES string of the molecule is COC(=O)CC(C)(C)C(C)(C)C. The number of ether oxygens (including phenoxy) is 1. The van der Waals surface area contributed by atoms with E-state index in [4.69, 9.17) is 0 Å². The first-order valence-electron chi connectivity index (χ1n) is 4.27. The Balaban J connectivity index is 4.33. The second kappa shape index (κ2) is 3.46. The zero-order valence-electron chi connectivity index (χ0n) is 9.02. The summed E-state index contributed by atoms with van der Waals surface area (Å²) in [4.78, 5) is 11.1. The number of hydrogen-bond donors (Lipinski definition) is 0. The van der Waals surface area contributed by atoms with E-state index in [-0.39, 0.29) is 16.8 Å². The van der Waals surface area contributed by atoms with Crippen LogP contribution in [0.15, 0.2) is 0 Å². The molecule has 0 N–H and O–H groups in total. The molecule has 12 heavy (non-hydrogen) atoms. The maximum Gasteiger partial charge on any atom is 0.306 e. The molecule has 0 aliphatic carbocycles. The molecule has 0 saturated heterocycles. The molecule has 0 amide bonds. The molecule has 0 aliphatic heterocycles. The maximum atomic E-state index is 11.1. The molecule has 2 nitrogen and oxygen atoms in total. The van der Waals surface area contributed by atoms with Gasteiger partial charge in [-0.2, -0.15) is 0 Å². The highest BCUT2D eigenvalue weighted by Crippen LogP contribution is 2.40. The summed E-state index contributed by atoms with van der Waals surface area (Å²) in [5, 5.41) is 0. The van der Waals surface area contributed by atoms with Crippen molar-refractivity contribution in [2.45, 2.75) is 41.0 Å². The molecule has 0 spiro atoms. The van der Waals surface area contributed by atoms with E-state index in [0.717, 1.165) is 0 Å². The van der Waals surface area contributed by atoms with Crippen LogP contribution in [0.5, 0.6) is 0 Å². The Labute approximate surface area is 75.3 Å². The van der Waals surface area contributed by atoms with Crippen LogP contribution in [0.25, 0.3) is 0 Å². The van der Waals surface area contributed by atoms with Crippen LogP contribution in [0.2, 0.25) is 0 Å². The number of carbonyl (C=O) groups excluding carboxylic acids is 1. The normalized spacial score (nSPS) is 12.8. The molecule has 0 atom stereocenters. The zero-order chi connectivity index (χ0) is 9.99. The zero-order valence-corrected chi connectivity index (χ0v) is 9.02. The van der Waals surface area contributed by atoms with Crippen LogP contribution in [0.3, 0.4) is 0 Å². The van der Waals surface area contributed by atoms with Gasteiger partial charge in [-0.15, -0.1) is 0 Å². The van der Waals surface area contributed by atoms with E-state index < -0.39 is 0 Å². The molecule has 0 bridgehead atoms. The molecule has 0 aromatic rings. The van der Waals surface area contributed by atoms with Crippen molar-refractivity contribution in [3.05, 3.63) is 0 Å². The number of rotatable bonds is 2. The minimum Gasteiger partial charge on any atom is -0.469 e. The van der Waals surface area contributed by atoms with Gasteiger partial charge in [0.2, 0.25) is 0 Å². The van der Waals surface area contributed by atoms with Crippen molar-refractivity contribution in [2.75, 3.05) is 7.11 Å². The maximum absolute atomic E-state index is 11.1. The molecular formula is C10H20O2. The first-order chi connectivity index (χ1) is 5.20. The van der Waals surface area contributed by atoms with Gasteiger partial charge in [0, 0.05) is 0 Å². The lowest BCUT2D eigenvalue weighted by Crippen LogP contribution is -2.32. The fraction of sp³-hybridized carbons (Fsp3) is 0.900. The second-order valence-electron chi connectivity index (χ2n) is 4.89. The molecule has 0 saturated carbocycles. The second-order valence-corrected chi connectivity index (χ2v) is 4.89. The van der Waals surface area contributed by atoms with Gasteiger partial charge < -0.3 is 4.74 Å². The Hall–Kier alpha value is -0.530. The molecule has 0 aromatic heterocycles. The van der Waals surface area contributed by atoms with Gasteiger partial charge in [0.15, 0.2) is 0 Å². The lowest BCUT2D eigenvalue weighted by molar-refractivity contribution is -0.144. The van der Waals surface area contributed by atoms with Crippen molar-refractivity contribution >= 4 is 5.97 Å². The van der Waals surface area contributed by atoms with E-state index in [2.05, 4.69) is 39.4 Å². The van der Waals surface area contributed by atoms with Crippen molar-refractivity contribution in [1.82, 2.24) is 0 Å². The highest BCUT2D eigenvalue weighted by atomic mass is 16.5. The van der Waals surface area contributed by atoms with E-state index in [9.17, 15) is 4.79 Å². The van der Waals surface area contributed by atoms with Crippen molar-refractivity contribution in [3.63, 3.8) is 0 Å². The molecule has 72 valence electrons. The largest absolute Gasteiger partial charge is 0.469 e. The third-order valence-electron chi connectivity index (χ3n) is 2.84. The predicted octanol–water partition coefficient (Wildman–Crippen LogP) is 2.62. The Morgan fingerprint density at radius 2 is 1.58 bits per heavy atom. The summed E-state index contributed by atoms with van der Waals surface area (Å²) < 4.78 is 4.64. The predicted molar refractivity (Wildman–Crippen MR) is 49.9 cm³/mol. The first kappa shape index (κ1) is 11.5. The van der Waals surface area contributed by atoms with Crippen LogP contribution in [-0.2, 0) is 9.53 Å². The summed E-state index contributed by atoms with van der Waals surface area (Å²) in [7, 11) is 1.43. The Morgan fingerprint density at radius 1 is 1.17 bits per heavy atom. The van der Waals surface area contributed by atoms with Crippen LogP contribution in [0.1, 0.15) is 41.0 Å². The highest BCUT2D eigenvalue weighted by Gasteiger charge is 2.34. The van der Waals surface area contributed by atoms with E-state index in [0.29, 0.717) is 6.42 Å². The van der Waals surface area contributed by atoms with Crippen molar-refractivity contribution in [1.29, 1.82) is 0 Å². The number of esters is 1. The van der Waals surface area contributed by atoms with Gasteiger partial charge in [-0.3, -0.25) is 4.79 Å². The average Bonchev–Trinajstić information content (AvgIpc) is 1.84. The van der Waals surface area contributed by atoms with Gasteiger partial charge in [0.25, 0.3) is 0 Å². The van der Waals surface area contributed by atoms with Gasteiger partial charge in [-0.25, -0.2) is 0 Å². The standard InChI is InChI=1S/C10H20O2/c1-9(2,3)10(4,5)7-8(11)12-6/h7H2,1-6H3. The van der Waals surface area contributed by atoms with Crippen LogP contribution >= 0.6 is 0 Å². The van der Waals surface area contributed by atoms with Gasteiger partial charge in [-0.1, -0.05) is 34.6 Å². The van der Waals surface area contributed by atoms with Crippen LogP contribution in [-0.4, -0.2) is 13.1 Å². The Morgan fingerprint density at radius 3 is 1.83 bits per heavy atom. The lowest BCUT2D eigenvalue weighted by Gasteiger charge is -2.37. The molecular weight excluding hydrogens is 152 g/mol. The highest BCUT2D eigenvalue weighted by molar-refractivity contribution is 5.70. The molecule has 0 aromatic carbocycles. The third-order valence-corrected chi connectivity index (χ3v) is 2.84. The fourth-order valence-corrected chi connectivity index (χ4v) is 0.698. The summed E-state index contributed by atoms with van der Waals surface area (Å²) in [5.74, 6) is -0.130. The van der Waals surface area contributed by atoms with Gasteiger partial charge in [-0.05, 0) is 10.8 Å². The number of carbonyl (C=O) groups is 1. The lowest BCUT2D eigenvalue weighted by atomic mass is 9.67. The van der Waals surface area contributed by atoms with Crippen LogP contribution in [0.4, 0.5) is 0 Å². The van der Waals surface area contributed by atoms with E-state index in [1.165, 1.54) is 7.11 Å². The smallest absolute Gasteiger partial charge is 0.306 e. The minimum atomic E-state index is -0.130. The van der Waals surface area contributed by atoms with Gasteiger partial charge >= 0.3 is 5.97 Å². The number of methoxy groups -OCH3 is 1. The molecule has 0 heterocycles. The molecule has 0 radical (unpaired) electrons. The Bertz CT molecular complexity index is 163. The topological polar surface area (TPSA) is 26.3 Å². The van der Waals surface area contributed by atoms with Crippen LogP contribution < -0.4 is 0 Å². The number of hydrogen-bond acceptors (Lipinski definition) is 2. The van der Waals surface area contributed by atoms with Crippen LogP contribution in [0, 0.1) is 10.8 Å². The first-order valence-corrected chi connectivity index (χ1v) is 4.27.